The van der Waals surface area contributed by atoms with Gasteiger partial charge < -0.3 is 23.1 Å². The Hall–Kier alpha value is -8.42. The minimum atomic E-state index is -0.554. The van der Waals surface area contributed by atoms with Crippen LogP contribution in [-0.4, -0.2) is 16.2 Å². The first-order chi connectivity index (χ1) is 30.7. The zero-order valence-electron chi connectivity index (χ0n) is 33.0. The van der Waals surface area contributed by atoms with E-state index in [1.54, 1.807) is 0 Å². The second kappa shape index (κ2) is 12.5. The predicted octanol–water partition coefficient (Wildman–Crippen LogP) is 14.1. The molecule has 1 atom stereocenters. The molecule has 14 rings (SSSR count). The van der Waals surface area contributed by atoms with Gasteiger partial charge in [0.1, 0.15) is 33.8 Å². The van der Waals surface area contributed by atoms with E-state index >= 15 is 0 Å². The zero-order chi connectivity index (χ0) is 40.5. The molecule has 62 heavy (non-hydrogen) atoms. The molecule has 0 saturated carbocycles. The number of nitrogens with zero attached hydrogens (tertiary/aromatic N) is 3. The van der Waals surface area contributed by atoms with Crippen LogP contribution in [0.4, 0.5) is 0 Å². The molecule has 0 fully saturated rings. The Balaban J connectivity index is 1.07. The van der Waals surface area contributed by atoms with Gasteiger partial charge in [0.05, 0.1) is 22.3 Å². The lowest BCUT2D eigenvalue weighted by Crippen LogP contribution is -2.33. The second-order valence-electron chi connectivity index (χ2n) is 16.1. The van der Waals surface area contributed by atoms with E-state index < -0.39 is 6.17 Å². The van der Waals surface area contributed by atoms with Crippen LogP contribution in [0.1, 0.15) is 22.9 Å². The minimum Gasteiger partial charge on any atom is -0.456 e. The van der Waals surface area contributed by atoms with E-state index in [1.165, 1.54) is 21.5 Å². The van der Waals surface area contributed by atoms with Crippen molar-refractivity contribution >= 4 is 110 Å². The molecule has 0 saturated heterocycles. The maximum Gasteiger partial charge on any atom is 0.159 e. The van der Waals surface area contributed by atoms with Crippen molar-refractivity contribution in [2.24, 2.45) is 9.98 Å². The van der Waals surface area contributed by atoms with Crippen LogP contribution >= 0.6 is 0 Å². The Labute approximate surface area is 352 Å². The molecule has 290 valence electrons. The molecule has 0 radical (unpaired) electrons. The summed E-state index contributed by atoms with van der Waals surface area (Å²) in [6.07, 6.45) is -0.554. The number of hydrogen-bond acceptors (Lipinski definition) is 6. The first kappa shape index (κ1) is 33.4. The Morgan fingerprint density at radius 1 is 0.435 bits per heavy atom. The summed E-state index contributed by atoms with van der Waals surface area (Å²) in [5.74, 6) is 1.23. The lowest BCUT2D eigenvalue weighted by Gasteiger charge is -2.24. The molecule has 1 aliphatic heterocycles. The Morgan fingerprint density at radius 2 is 1.02 bits per heavy atom. The van der Waals surface area contributed by atoms with Crippen molar-refractivity contribution in [3.8, 4) is 5.69 Å². The first-order valence-electron chi connectivity index (χ1n) is 20.8. The van der Waals surface area contributed by atoms with E-state index in [2.05, 4.69) is 143 Å². The molecule has 0 amide bonds. The van der Waals surface area contributed by atoms with Gasteiger partial charge in [0.25, 0.3) is 0 Å². The van der Waals surface area contributed by atoms with Crippen molar-refractivity contribution in [2.75, 3.05) is 0 Å². The van der Waals surface area contributed by atoms with Crippen molar-refractivity contribution in [3.63, 3.8) is 0 Å². The van der Waals surface area contributed by atoms with Gasteiger partial charge in [-0.05, 0) is 65.4 Å². The third-order valence-electron chi connectivity index (χ3n) is 12.6. The van der Waals surface area contributed by atoms with Crippen LogP contribution in [0.25, 0.3) is 104 Å². The van der Waals surface area contributed by atoms with Crippen LogP contribution in [0.2, 0.25) is 0 Å². The number of benzene rings is 9. The summed E-state index contributed by atoms with van der Waals surface area (Å²) in [6.45, 7) is 0. The number of aliphatic imine (C=N–C) groups is 2. The van der Waals surface area contributed by atoms with Crippen LogP contribution in [0.3, 0.4) is 0 Å². The number of aromatic nitrogens is 1. The number of fused-ring (bicyclic) bond motifs is 13. The lowest BCUT2D eigenvalue weighted by atomic mass is 10.0. The van der Waals surface area contributed by atoms with Crippen LogP contribution in [0, 0.1) is 0 Å². The average molecular weight is 797 g/mol. The molecule has 7 heteroatoms. The smallest absolute Gasteiger partial charge is 0.159 e. The molecule has 5 heterocycles. The van der Waals surface area contributed by atoms with E-state index in [0.717, 1.165) is 99.2 Å². The molecule has 13 aromatic rings. The number of nitrogens with one attached hydrogen (secondary N) is 1. The molecule has 0 bridgehead atoms. The molecular formula is C55H32N4O3. The highest BCUT2D eigenvalue weighted by atomic mass is 16.3. The molecule has 9 aromatic carbocycles. The number of para-hydroxylation sites is 6. The summed E-state index contributed by atoms with van der Waals surface area (Å²) in [5, 5.41) is 14.6. The van der Waals surface area contributed by atoms with Crippen LogP contribution in [0.5, 0.6) is 0 Å². The summed E-state index contributed by atoms with van der Waals surface area (Å²) < 4.78 is 22.4. The molecular weight excluding hydrogens is 765 g/mol. The SMILES string of the molecule is c1ccc2cc3c(cc2c1)c1ccccc1n3-c1cc(C2=NC(c3cccc4c3oc3ccccc34)NC(c3cccc4c3oc3ccccc34)=N2)cc2c1oc1ccccc12. The Morgan fingerprint density at radius 3 is 1.77 bits per heavy atom. The van der Waals surface area contributed by atoms with Gasteiger partial charge in [0, 0.05) is 54.2 Å². The van der Waals surface area contributed by atoms with Gasteiger partial charge in [-0.2, -0.15) is 0 Å². The maximum atomic E-state index is 6.84. The highest BCUT2D eigenvalue weighted by Gasteiger charge is 2.28. The van der Waals surface area contributed by atoms with E-state index in [1.807, 2.05) is 48.5 Å². The summed E-state index contributed by atoms with van der Waals surface area (Å²) in [6, 6.07) is 63.2. The second-order valence-corrected chi connectivity index (χ2v) is 16.1. The van der Waals surface area contributed by atoms with Gasteiger partial charge >= 0.3 is 0 Å². The minimum absolute atomic E-state index is 0.554. The van der Waals surface area contributed by atoms with Gasteiger partial charge in [-0.3, -0.25) is 0 Å². The van der Waals surface area contributed by atoms with Gasteiger partial charge in [0.15, 0.2) is 17.6 Å². The highest BCUT2D eigenvalue weighted by molar-refractivity contribution is 6.22. The van der Waals surface area contributed by atoms with Crippen LogP contribution in [0.15, 0.2) is 205 Å². The molecule has 1 N–H and O–H groups in total. The Kier molecular flexibility index (Phi) is 6.76. The van der Waals surface area contributed by atoms with Crippen molar-refractivity contribution in [1.82, 2.24) is 9.88 Å². The quantitative estimate of drug-likeness (QED) is 0.192. The monoisotopic (exact) mass is 796 g/mol. The zero-order valence-corrected chi connectivity index (χ0v) is 33.0. The van der Waals surface area contributed by atoms with E-state index in [9.17, 15) is 0 Å². The molecule has 0 aliphatic carbocycles. The number of amidine groups is 2. The summed E-state index contributed by atoms with van der Waals surface area (Å²) in [5.41, 5.74) is 10.5. The lowest BCUT2D eigenvalue weighted by molar-refractivity contribution is 0.627. The largest absolute Gasteiger partial charge is 0.456 e. The number of rotatable bonds is 4. The van der Waals surface area contributed by atoms with Crippen molar-refractivity contribution in [2.45, 2.75) is 6.17 Å². The summed E-state index contributed by atoms with van der Waals surface area (Å²) in [4.78, 5) is 10.9. The normalized spacial score (nSPS) is 14.6. The summed E-state index contributed by atoms with van der Waals surface area (Å²) in [7, 11) is 0. The third kappa shape index (κ3) is 4.76. The van der Waals surface area contributed by atoms with Crippen molar-refractivity contribution in [3.05, 3.63) is 199 Å². The molecule has 7 nitrogen and oxygen atoms in total. The first-order valence-corrected chi connectivity index (χ1v) is 20.8. The topological polar surface area (TPSA) is 81.1 Å². The highest BCUT2D eigenvalue weighted by Crippen LogP contribution is 2.42. The standard InChI is InChI=1S/C55H32N4O3/c1-2-14-32-29-45-42(27-31(32)13-1)34-15-3-7-23-44(34)59(45)46-30-33(28-43-37-18-6-10-26-49(37)62-52(43)46)53-56-54(40-21-11-19-38-35-16-4-8-24-47(35)60-50(38)40)58-55(57-53)41-22-12-20-39-36-17-5-9-25-48(36)61-51(39)41/h1-30,54H,(H,56,57,58). The van der Waals surface area contributed by atoms with Gasteiger partial charge in [-0.25, -0.2) is 9.98 Å². The number of hydrogen-bond donors (Lipinski definition) is 1. The summed E-state index contributed by atoms with van der Waals surface area (Å²) >= 11 is 0. The average Bonchev–Trinajstić information content (AvgIpc) is 4.09. The third-order valence-corrected chi connectivity index (χ3v) is 12.6. The fourth-order valence-corrected chi connectivity index (χ4v) is 9.81. The molecule has 4 aromatic heterocycles. The molecule has 1 aliphatic rings. The van der Waals surface area contributed by atoms with Crippen molar-refractivity contribution < 1.29 is 13.3 Å². The van der Waals surface area contributed by atoms with E-state index in [0.29, 0.717) is 11.7 Å². The van der Waals surface area contributed by atoms with Gasteiger partial charge in [-0.1, -0.05) is 127 Å². The van der Waals surface area contributed by atoms with Crippen LogP contribution < -0.4 is 5.32 Å². The van der Waals surface area contributed by atoms with Gasteiger partial charge in [-0.15, -0.1) is 0 Å². The predicted molar refractivity (Wildman–Crippen MR) is 252 cm³/mol. The maximum absolute atomic E-state index is 6.84. The van der Waals surface area contributed by atoms with E-state index in [4.69, 9.17) is 23.2 Å². The van der Waals surface area contributed by atoms with Crippen LogP contribution in [-0.2, 0) is 0 Å². The molecule has 0 spiro atoms. The fourth-order valence-electron chi connectivity index (χ4n) is 9.81. The fraction of sp³-hybridized carbons (Fsp3) is 0.0182. The van der Waals surface area contributed by atoms with Gasteiger partial charge in [0.2, 0.25) is 0 Å². The van der Waals surface area contributed by atoms with Crippen molar-refractivity contribution in [1.29, 1.82) is 0 Å². The van der Waals surface area contributed by atoms with E-state index in [-0.39, 0.29) is 0 Å². The number of furan rings is 3. The molecule has 1 unspecified atom stereocenters. The Bertz CT molecular complexity index is 4100.